The van der Waals surface area contributed by atoms with Crippen LogP contribution in [0.25, 0.3) is 0 Å². The van der Waals surface area contributed by atoms with Crippen LogP contribution in [0.3, 0.4) is 0 Å². The minimum Gasteiger partial charge on any atom is -0.497 e. The van der Waals surface area contributed by atoms with Crippen molar-refractivity contribution in [2.24, 2.45) is 0 Å². The molecule has 1 aromatic carbocycles. The number of hydrogen-bond donors (Lipinski definition) is 1. The van der Waals surface area contributed by atoms with Crippen molar-refractivity contribution in [3.05, 3.63) is 24.0 Å². The standard InChI is InChI=1S/C11H12FNO/c1-3-4-7-13-11-8-9(14-2)5-6-10(11)12/h5-6,8,13H,7H2,1-2H3. The van der Waals surface area contributed by atoms with Crippen molar-refractivity contribution in [1.29, 1.82) is 0 Å². The van der Waals surface area contributed by atoms with Gasteiger partial charge in [-0.05, 0) is 19.1 Å². The van der Waals surface area contributed by atoms with Gasteiger partial charge in [0.1, 0.15) is 11.6 Å². The van der Waals surface area contributed by atoms with Crippen molar-refractivity contribution < 1.29 is 9.13 Å². The first-order valence-electron chi connectivity index (χ1n) is 4.25. The van der Waals surface area contributed by atoms with Crippen molar-refractivity contribution >= 4 is 5.69 Å². The Morgan fingerprint density at radius 1 is 1.50 bits per heavy atom. The van der Waals surface area contributed by atoms with Gasteiger partial charge in [0.25, 0.3) is 0 Å². The highest BCUT2D eigenvalue weighted by Crippen LogP contribution is 2.20. The molecule has 0 heterocycles. The number of ether oxygens (including phenoxy) is 1. The fourth-order valence-corrected chi connectivity index (χ4v) is 0.995. The largest absolute Gasteiger partial charge is 0.497 e. The quantitative estimate of drug-likeness (QED) is 0.743. The lowest BCUT2D eigenvalue weighted by atomic mass is 10.3. The molecule has 3 heteroatoms. The van der Waals surface area contributed by atoms with Gasteiger partial charge in [0, 0.05) is 6.07 Å². The van der Waals surface area contributed by atoms with E-state index < -0.39 is 0 Å². The molecule has 0 fully saturated rings. The number of benzene rings is 1. The molecule has 0 saturated carbocycles. The van der Waals surface area contributed by atoms with Crippen LogP contribution in [-0.4, -0.2) is 13.7 Å². The van der Waals surface area contributed by atoms with Gasteiger partial charge in [-0.3, -0.25) is 0 Å². The maximum Gasteiger partial charge on any atom is 0.146 e. The zero-order chi connectivity index (χ0) is 10.4. The second-order valence-electron chi connectivity index (χ2n) is 2.63. The Bertz CT molecular complexity index is 365. The molecule has 14 heavy (non-hydrogen) atoms. The molecule has 0 bridgehead atoms. The second kappa shape index (κ2) is 5.13. The number of rotatable bonds is 3. The highest BCUT2D eigenvalue weighted by molar-refractivity contribution is 5.50. The van der Waals surface area contributed by atoms with Crippen LogP contribution in [0.1, 0.15) is 6.92 Å². The second-order valence-corrected chi connectivity index (χ2v) is 2.63. The van der Waals surface area contributed by atoms with Crippen LogP contribution < -0.4 is 10.1 Å². The maximum absolute atomic E-state index is 13.2. The molecule has 1 aromatic rings. The molecule has 0 spiro atoms. The summed E-state index contributed by atoms with van der Waals surface area (Å²) in [5.41, 5.74) is 0.409. The summed E-state index contributed by atoms with van der Waals surface area (Å²) in [5.74, 6) is 5.83. The lowest BCUT2D eigenvalue weighted by Crippen LogP contribution is -2.01. The van der Waals surface area contributed by atoms with E-state index in [2.05, 4.69) is 17.2 Å². The summed E-state index contributed by atoms with van der Waals surface area (Å²) >= 11 is 0. The Kier molecular flexibility index (Phi) is 3.81. The summed E-state index contributed by atoms with van der Waals surface area (Å²) in [6.45, 7) is 2.17. The Morgan fingerprint density at radius 2 is 2.29 bits per heavy atom. The SMILES string of the molecule is CC#CCNc1cc(OC)ccc1F. The number of nitrogens with one attached hydrogen (secondary N) is 1. The van der Waals surface area contributed by atoms with Gasteiger partial charge in [0.05, 0.1) is 19.3 Å². The Labute approximate surface area is 83.1 Å². The Morgan fingerprint density at radius 3 is 2.93 bits per heavy atom. The Hall–Kier alpha value is -1.69. The van der Waals surface area contributed by atoms with Crippen LogP contribution in [0.4, 0.5) is 10.1 Å². The van der Waals surface area contributed by atoms with Gasteiger partial charge in [-0.25, -0.2) is 4.39 Å². The highest BCUT2D eigenvalue weighted by Gasteiger charge is 2.01. The molecule has 0 aliphatic carbocycles. The van der Waals surface area contributed by atoms with Gasteiger partial charge in [0.2, 0.25) is 0 Å². The van der Waals surface area contributed by atoms with E-state index >= 15 is 0 Å². The van der Waals surface area contributed by atoms with Crippen LogP contribution in [0, 0.1) is 17.7 Å². The third kappa shape index (κ3) is 2.67. The minimum atomic E-state index is -0.302. The van der Waals surface area contributed by atoms with Crippen molar-refractivity contribution in [2.75, 3.05) is 19.0 Å². The normalized spacial score (nSPS) is 8.79. The highest BCUT2D eigenvalue weighted by atomic mass is 19.1. The predicted molar refractivity (Wildman–Crippen MR) is 54.9 cm³/mol. The van der Waals surface area contributed by atoms with Crippen LogP contribution in [0.5, 0.6) is 5.75 Å². The van der Waals surface area contributed by atoms with Crippen LogP contribution in [0.2, 0.25) is 0 Å². The fourth-order valence-electron chi connectivity index (χ4n) is 0.995. The van der Waals surface area contributed by atoms with Crippen molar-refractivity contribution in [1.82, 2.24) is 0 Å². The summed E-state index contributed by atoms with van der Waals surface area (Å²) in [4.78, 5) is 0. The van der Waals surface area contributed by atoms with Crippen molar-refractivity contribution in [2.45, 2.75) is 6.92 Å². The van der Waals surface area contributed by atoms with Crippen molar-refractivity contribution in [3.8, 4) is 17.6 Å². The van der Waals surface area contributed by atoms with Gasteiger partial charge < -0.3 is 10.1 Å². The van der Waals surface area contributed by atoms with Crippen molar-refractivity contribution in [3.63, 3.8) is 0 Å². The van der Waals surface area contributed by atoms with Gasteiger partial charge in [-0.1, -0.05) is 5.92 Å². The van der Waals surface area contributed by atoms with Gasteiger partial charge in [-0.15, -0.1) is 5.92 Å². The lowest BCUT2D eigenvalue weighted by molar-refractivity contribution is 0.414. The summed E-state index contributed by atoms with van der Waals surface area (Å²) < 4.78 is 18.1. The third-order valence-electron chi connectivity index (χ3n) is 1.72. The van der Waals surface area contributed by atoms with E-state index in [1.54, 1.807) is 26.2 Å². The monoisotopic (exact) mass is 193 g/mol. The molecule has 74 valence electrons. The average Bonchev–Trinajstić information content (AvgIpc) is 2.21. The van der Waals surface area contributed by atoms with Crippen LogP contribution in [0.15, 0.2) is 18.2 Å². The molecule has 0 radical (unpaired) electrons. The molecule has 0 atom stereocenters. The molecule has 0 aromatic heterocycles. The molecule has 1 N–H and O–H groups in total. The maximum atomic E-state index is 13.2. The van der Waals surface area contributed by atoms with Gasteiger partial charge >= 0.3 is 0 Å². The van der Waals surface area contributed by atoms with Crippen LogP contribution >= 0.6 is 0 Å². The first-order chi connectivity index (χ1) is 6.77. The van der Waals surface area contributed by atoms with Crippen LogP contribution in [-0.2, 0) is 0 Å². The number of anilines is 1. The molecule has 0 aliphatic heterocycles. The molecule has 0 amide bonds. The molecule has 0 aliphatic rings. The summed E-state index contributed by atoms with van der Waals surface area (Å²) in [6.07, 6.45) is 0. The summed E-state index contributed by atoms with van der Waals surface area (Å²) in [6, 6.07) is 4.54. The molecule has 1 rings (SSSR count). The smallest absolute Gasteiger partial charge is 0.146 e. The van der Waals surface area contributed by atoms with E-state index in [4.69, 9.17) is 4.74 Å². The van der Waals surface area contributed by atoms with E-state index in [9.17, 15) is 4.39 Å². The fraction of sp³-hybridized carbons (Fsp3) is 0.273. The van der Waals surface area contributed by atoms with E-state index in [1.165, 1.54) is 6.07 Å². The van der Waals surface area contributed by atoms with E-state index in [1.807, 2.05) is 0 Å². The molecule has 0 saturated heterocycles. The summed E-state index contributed by atoms with van der Waals surface area (Å²) in [7, 11) is 1.54. The minimum absolute atomic E-state index is 0.302. The van der Waals surface area contributed by atoms with Gasteiger partial charge in [0.15, 0.2) is 0 Å². The molecule has 0 unspecified atom stereocenters. The first kappa shape index (κ1) is 10.4. The zero-order valence-corrected chi connectivity index (χ0v) is 8.23. The molecule has 2 nitrogen and oxygen atoms in total. The van der Waals surface area contributed by atoms with Gasteiger partial charge in [-0.2, -0.15) is 0 Å². The van der Waals surface area contributed by atoms with E-state index in [0.29, 0.717) is 18.0 Å². The summed E-state index contributed by atoms with van der Waals surface area (Å²) in [5, 5.41) is 2.86. The predicted octanol–water partition coefficient (Wildman–Crippen LogP) is 2.27. The number of methoxy groups -OCH3 is 1. The molecular weight excluding hydrogens is 181 g/mol. The number of halogens is 1. The molecular formula is C11H12FNO. The zero-order valence-electron chi connectivity index (χ0n) is 8.23. The topological polar surface area (TPSA) is 21.3 Å². The average molecular weight is 193 g/mol. The first-order valence-corrected chi connectivity index (χ1v) is 4.25. The lowest BCUT2D eigenvalue weighted by Gasteiger charge is -2.06. The third-order valence-corrected chi connectivity index (χ3v) is 1.72. The Balaban J connectivity index is 2.76. The van der Waals surface area contributed by atoms with E-state index in [0.717, 1.165) is 0 Å². The number of hydrogen-bond acceptors (Lipinski definition) is 2. The van der Waals surface area contributed by atoms with E-state index in [-0.39, 0.29) is 5.82 Å².